The third-order valence-corrected chi connectivity index (χ3v) is 3.98. The molecule has 0 aliphatic rings. The number of para-hydroxylation sites is 1. The molecule has 0 atom stereocenters. The number of anilines is 2. The van der Waals surface area contributed by atoms with Crippen molar-refractivity contribution in [3.63, 3.8) is 0 Å². The van der Waals surface area contributed by atoms with Gasteiger partial charge in [0.1, 0.15) is 6.07 Å². The quantitative estimate of drug-likeness (QED) is 0.810. The molecule has 0 unspecified atom stereocenters. The van der Waals surface area contributed by atoms with Gasteiger partial charge in [0.25, 0.3) is 0 Å². The fraction of sp³-hybridized carbons (Fsp3) is 0.143. The highest BCUT2D eigenvalue weighted by Crippen LogP contribution is 2.34. The third-order valence-electron chi connectivity index (χ3n) is 2.66. The molecule has 5 heteroatoms. The number of rotatable bonds is 2. The second-order valence-corrected chi connectivity index (χ2v) is 5.81. The molecule has 0 spiro atoms. The molecule has 1 heterocycles. The number of aryl methyl sites for hydroxylation is 2. The standard InChI is InChI=1S/C14H11Br2N3/c1-8-6-13(10(7-17)9(2)18-8)19-14-11(15)4-3-5-12(14)16/h3-6H,1-2H3,(H,18,19). The van der Waals surface area contributed by atoms with Crippen molar-refractivity contribution >= 4 is 43.2 Å². The van der Waals surface area contributed by atoms with Gasteiger partial charge in [0.2, 0.25) is 0 Å². The summed E-state index contributed by atoms with van der Waals surface area (Å²) >= 11 is 6.99. The smallest absolute Gasteiger partial charge is 0.103 e. The van der Waals surface area contributed by atoms with Crippen LogP contribution in [0.1, 0.15) is 17.0 Å². The summed E-state index contributed by atoms with van der Waals surface area (Å²) in [5, 5.41) is 12.5. The molecule has 0 saturated carbocycles. The van der Waals surface area contributed by atoms with Crippen LogP contribution >= 0.6 is 31.9 Å². The fourth-order valence-corrected chi connectivity index (χ4v) is 3.02. The molecule has 2 aromatic rings. The Bertz CT molecular complexity index is 655. The molecule has 3 nitrogen and oxygen atoms in total. The summed E-state index contributed by atoms with van der Waals surface area (Å²) in [7, 11) is 0. The highest BCUT2D eigenvalue weighted by Gasteiger charge is 2.11. The lowest BCUT2D eigenvalue weighted by Crippen LogP contribution is -2.00. The van der Waals surface area contributed by atoms with Crippen LogP contribution in [0.4, 0.5) is 11.4 Å². The van der Waals surface area contributed by atoms with Crippen molar-refractivity contribution in [2.24, 2.45) is 0 Å². The third kappa shape index (κ3) is 2.96. The summed E-state index contributed by atoms with van der Waals surface area (Å²) in [6.45, 7) is 3.75. The van der Waals surface area contributed by atoms with E-state index in [4.69, 9.17) is 0 Å². The molecule has 0 bridgehead atoms. The number of nitrogens with zero attached hydrogens (tertiary/aromatic N) is 2. The van der Waals surface area contributed by atoms with Crippen LogP contribution in [-0.4, -0.2) is 4.98 Å². The second kappa shape index (κ2) is 5.72. The molecule has 0 aliphatic heterocycles. The Labute approximate surface area is 128 Å². The molecule has 1 aromatic heterocycles. The lowest BCUT2D eigenvalue weighted by Gasteiger charge is -2.13. The van der Waals surface area contributed by atoms with Crippen LogP contribution < -0.4 is 5.32 Å². The zero-order valence-corrected chi connectivity index (χ0v) is 13.6. The average Bonchev–Trinajstić information content (AvgIpc) is 2.33. The van der Waals surface area contributed by atoms with Gasteiger partial charge in [-0.25, -0.2) is 0 Å². The average molecular weight is 381 g/mol. The van der Waals surface area contributed by atoms with Crippen molar-refractivity contribution in [1.29, 1.82) is 5.26 Å². The Hall–Kier alpha value is -1.38. The minimum atomic E-state index is 0.563. The van der Waals surface area contributed by atoms with Crippen LogP contribution in [0.25, 0.3) is 0 Å². The van der Waals surface area contributed by atoms with Gasteiger partial charge < -0.3 is 5.32 Å². The molecule has 0 saturated heterocycles. The van der Waals surface area contributed by atoms with Crippen molar-refractivity contribution in [1.82, 2.24) is 4.98 Å². The van der Waals surface area contributed by atoms with E-state index < -0.39 is 0 Å². The number of benzene rings is 1. The minimum absolute atomic E-state index is 0.563. The molecule has 1 aromatic carbocycles. The molecule has 0 radical (unpaired) electrons. The maximum absolute atomic E-state index is 9.25. The van der Waals surface area contributed by atoms with Crippen LogP contribution in [0.15, 0.2) is 33.2 Å². The maximum atomic E-state index is 9.25. The van der Waals surface area contributed by atoms with E-state index in [1.165, 1.54) is 0 Å². The van der Waals surface area contributed by atoms with Crippen molar-refractivity contribution in [2.75, 3.05) is 5.32 Å². The minimum Gasteiger partial charge on any atom is -0.352 e. The molecular weight excluding hydrogens is 370 g/mol. The Morgan fingerprint density at radius 3 is 2.42 bits per heavy atom. The van der Waals surface area contributed by atoms with E-state index in [-0.39, 0.29) is 0 Å². The summed E-state index contributed by atoms with van der Waals surface area (Å²) in [5.74, 6) is 0. The van der Waals surface area contributed by atoms with Gasteiger partial charge in [-0.15, -0.1) is 0 Å². The van der Waals surface area contributed by atoms with Gasteiger partial charge in [0.05, 0.1) is 22.6 Å². The highest BCUT2D eigenvalue weighted by molar-refractivity contribution is 9.11. The molecule has 0 amide bonds. The molecule has 19 heavy (non-hydrogen) atoms. The monoisotopic (exact) mass is 379 g/mol. The number of nitrogens with one attached hydrogen (secondary N) is 1. The first kappa shape index (κ1) is 14.0. The number of halogens is 2. The molecule has 96 valence electrons. The lowest BCUT2D eigenvalue weighted by molar-refractivity contribution is 1.11. The van der Waals surface area contributed by atoms with Crippen molar-refractivity contribution in [2.45, 2.75) is 13.8 Å². The first-order chi connectivity index (χ1) is 9.02. The van der Waals surface area contributed by atoms with Crippen molar-refractivity contribution in [3.8, 4) is 6.07 Å². The Balaban J connectivity index is 2.53. The van der Waals surface area contributed by atoms with Crippen LogP contribution in [-0.2, 0) is 0 Å². The van der Waals surface area contributed by atoms with E-state index in [2.05, 4.69) is 48.2 Å². The SMILES string of the molecule is Cc1cc(Nc2c(Br)cccc2Br)c(C#N)c(C)n1. The van der Waals surface area contributed by atoms with Crippen molar-refractivity contribution < 1.29 is 0 Å². The largest absolute Gasteiger partial charge is 0.352 e. The van der Waals surface area contributed by atoms with Crippen molar-refractivity contribution in [3.05, 3.63) is 50.2 Å². The topological polar surface area (TPSA) is 48.7 Å². The predicted molar refractivity (Wildman–Crippen MR) is 83.6 cm³/mol. The summed E-state index contributed by atoms with van der Waals surface area (Å²) in [5.41, 5.74) is 3.83. The molecule has 0 aliphatic carbocycles. The zero-order chi connectivity index (χ0) is 14.0. The Kier molecular flexibility index (Phi) is 4.23. The van der Waals surface area contributed by atoms with Gasteiger partial charge in [-0.2, -0.15) is 5.26 Å². The highest BCUT2D eigenvalue weighted by atomic mass is 79.9. The molecular formula is C14H11Br2N3. The summed E-state index contributed by atoms with van der Waals surface area (Å²) in [6.07, 6.45) is 0. The number of nitriles is 1. The van der Waals surface area contributed by atoms with Gasteiger partial charge in [-0.3, -0.25) is 4.98 Å². The van der Waals surface area contributed by atoms with Gasteiger partial charge in [0.15, 0.2) is 0 Å². The van der Waals surface area contributed by atoms with E-state index >= 15 is 0 Å². The Morgan fingerprint density at radius 2 is 1.84 bits per heavy atom. The number of aromatic nitrogens is 1. The molecule has 1 N–H and O–H groups in total. The van der Waals surface area contributed by atoms with Crippen LogP contribution in [0.5, 0.6) is 0 Å². The summed E-state index contributed by atoms with van der Waals surface area (Å²) < 4.78 is 1.86. The van der Waals surface area contributed by atoms with E-state index in [9.17, 15) is 5.26 Å². The first-order valence-corrected chi connectivity index (χ1v) is 7.21. The van der Waals surface area contributed by atoms with E-state index in [1.807, 2.05) is 38.1 Å². The van der Waals surface area contributed by atoms with E-state index in [1.54, 1.807) is 0 Å². The maximum Gasteiger partial charge on any atom is 0.103 e. The molecule has 0 fully saturated rings. The van der Waals surface area contributed by atoms with E-state index in [0.29, 0.717) is 5.56 Å². The predicted octanol–water partition coefficient (Wildman–Crippen LogP) is 4.84. The fourth-order valence-electron chi connectivity index (χ4n) is 1.82. The zero-order valence-electron chi connectivity index (χ0n) is 10.5. The first-order valence-electron chi connectivity index (χ1n) is 5.62. The number of pyridine rings is 1. The molecule has 2 rings (SSSR count). The summed E-state index contributed by atoms with van der Waals surface area (Å²) in [6, 6.07) is 9.89. The van der Waals surface area contributed by atoms with E-state index in [0.717, 1.165) is 31.7 Å². The summed E-state index contributed by atoms with van der Waals surface area (Å²) in [4.78, 5) is 4.31. The van der Waals surface area contributed by atoms with Gasteiger partial charge in [-0.1, -0.05) is 6.07 Å². The number of hydrogen-bond acceptors (Lipinski definition) is 3. The van der Waals surface area contributed by atoms with Crippen LogP contribution in [0, 0.1) is 25.2 Å². The normalized spacial score (nSPS) is 10.1. The number of hydrogen-bond donors (Lipinski definition) is 1. The van der Waals surface area contributed by atoms with Gasteiger partial charge >= 0.3 is 0 Å². The van der Waals surface area contributed by atoms with Gasteiger partial charge in [-0.05, 0) is 63.9 Å². The second-order valence-electron chi connectivity index (χ2n) is 4.11. The van der Waals surface area contributed by atoms with Gasteiger partial charge in [0, 0.05) is 14.6 Å². The van der Waals surface area contributed by atoms with Crippen LogP contribution in [0.3, 0.4) is 0 Å². The Morgan fingerprint density at radius 1 is 1.21 bits per heavy atom. The lowest BCUT2D eigenvalue weighted by atomic mass is 10.1. The van der Waals surface area contributed by atoms with Crippen LogP contribution in [0.2, 0.25) is 0 Å².